The van der Waals surface area contributed by atoms with Crippen LogP contribution in [-0.2, 0) is 28.6 Å². The van der Waals surface area contributed by atoms with Crippen LogP contribution in [0.5, 0.6) is 0 Å². The number of alkyl halides is 16. The van der Waals surface area contributed by atoms with Crippen LogP contribution in [0.3, 0.4) is 0 Å². The van der Waals surface area contributed by atoms with Crippen molar-refractivity contribution in [3.8, 4) is 0 Å². The number of rotatable bonds is 18. The molecule has 0 aliphatic heterocycles. The predicted molar refractivity (Wildman–Crippen MR) is 199 cm³/mol. The molecule has 1 N–H and O–H groups in total. The molecular formula is C40H64F16O7. The third-order valence-corrected chi connectivity index (χ3v) is 10.0. The summed E-state index contributed by atoms with van der Waals surface area (Å²) >= 11 is 0. The molecule has 0 saturated carbocycles. The second kappa shape index (κ2) is 22.6. The Balaban J connectivity index is -0.000000857. The largest absolute Gasteiger partial charge is 0.456 e. The lowest BCUT2D eigenvalue weighted by Gasteiger charge is -2.44. The molecule has 0 aliphatic rings. The maximum atomic E-state index is 13.8. The molecule has 0 fully saturated rings. The lowest BCUT2D eigenvalue weighted by molar-refractivity contribution is -0.408. The summed E-state index contributed by atoms with van der Waals surface area (Å²) in [6, 6.07) is 0. The van der Waals surface area contributed by atoms with Gasteiger partial charge in [0.1, 0.15) is 12.8 Å². The van der Waals surface area contributed by atoms with Gasteiger partial charge in [-0.1, -0.05) is 48.5 Å². The second-order valence-electron chi connectivity index (χ2n) is 18.5. The van der Waals surface area contributed by atoms with Crippen LogP contribution < -0.4 is 0 Å². The van der Waals surface area contributed by atoms with Crippen LogP contribution in [0.1, 0.15) is 149 Å². The van der Waals surface area contributed by atoms with Crippen LogP contribution in [-0.4, -0.2) is 83.0 Å². The lowest BCUT2D eigenvalue weighted by atomic mass is 9.83. The van der Waals surface area contributed by atoms with Crippen molar-refractivity contribution in [2.45, 2.75) is 209 Å². The summed E-state index contributed by atoms with van der Waals surface area (Å²) in [4.78, 5) is 35.5. The van der Waals surface area contributed by atoms with Gasteiger partial charge in [0.15, 0.2) is 17.8 Å². The van der Waals surface area contributed by atoms with E-state index in [1.165, 1.54) is 48.5 Å². The Morgan fingerprint density at radius 1 is 0.460 bits per heavy atom. The SMILES string of the molecule is CCC(C)(C)C(=O)OC(C)(C)C(O)(C(F)(F)F)C(F)(F)F.CCC(C)(C)C(=O)OC(CC(C)C)C(F)(F)CC(F)(F)F.CCC(C)(C)C(=O)OC(CC(C)C)C(F)(F)CC(F)(F)F. The minimum Gasteiger partial charge on any atom is -0.456 e. The molecule has 0 amide bonds. The number of ether oxygens (including phenoxy) is 3. The Labute approximate surface area is 358 Å². The topological polar surface area (TPSA) is 99.1 Å². The van der Waals surface area contributed by atoms with E-state index < -0.39 is 107 Å². The molecule has 0 heterocycles. The molecular weight excluding hydrogens is 896 g/mol. The predicted octanol–water partition coefficient (Wildman–Crippen LogP) is 13.5. The van der Waals surface area contributed by atoms with Gasteiger partial charge in [-0.25, -0.2) is 17.6 Å². The lowest BCUT2D eigenvalue weighted by Crippen LogP contribution is -2.70. The Kier molecular flexibility index (Phi) is 23.2. The fourth-order valence-corrected chi connectivity index (χ4v) is 4.53. The average molecular weight is 961 g/mol. The van der Waals surface area contributed by atoms with E-state index in [1.807, 2.05) is 0 Å². The molecule has 23 heteroatoms. The van der Waals surface area contributed by atoms with Gasteiger partial charge >= 0.3 is 42.6 Å². The normalized spacial score (nSPS) is 15.1. The van der Waals surface area contributed by atoms with Gasteiger partial charge in [0.25, 0.3) is 17.4 Å². The zero-order valence-electron chi connectivity index (χ0n) is 38.2. The summed E-state index contributed by atoms with van der Waals surface area (Å²) in [6.45, 7) is 20.6. The van der Waals surface area contributed by atoms with E-state index in [0.717, 1.165) is 0 Å². The van der Waals surface area contributed by atoms with E-state index in [0.29, 0.717) is 26.7 Å². The van der Waals surface area contributed by atoms with Crippen molar-refractivity contribution in [2.24, 2.45) is 28.1 Å². The highest BCUT2D eigenvalue weighted by Crippen LogP contribution is 2.51. The summed E-state index contributed by atoms with van der Waals surface area (Å²) in [5.41, 5.74) is -11.7. The number of aliphatic hydroxyl groups is 1. The molecule has 2 atom stereocenters. The maximum Gasteiger partial charge on any atom is 0.430 e. The maximum absolute atomic E-state index is 13.8. The third-order valence-electron chi connectivity index (χ3n) is 10.0. The summed E-state index contributed by atoms with van der Waals surface area (Å²) in [5.74, 6) is -12.0. The molecule has 0 bridgehead atoms. The zero-order valence-corrected chi connectivity index (χ0v) is 38.2. The number of hydrogen-bond donors (Lipinski definition) is 1. The summed E-state index contributed by atoms with van der Waals surface area (Å²) in [5, 5.41) is 9.27. The smallest absolute Gasteiger partial charge is 0.430 e. The van der Waals surface area contributed by atoms with Crippen molar-refractivity contribution in [1.82, 2.24) is 0 Å². The molecule has 2 unspecified atom stereocenters. The van der Waals surface area contributed by atoms with Crippen molar-refractivity contribution >= 4 is 17.9 Å². The molecule has 0 aromatic heterocycles. The number of carbonyl (C=O) groups excluding carboxylic acids is 3. The van der Waals surface area contributed by atoms with E-state index in [1.54, 1.807) is 41.5 Å². The van der Waals surface area contributed by atoms with Gasteiger partial charge in [0.2, 0.25) is 0 Å². The Hall–Kier alpha value is -2.75. The Morgan fingerprint density at radius 2 is 0.698 bits per heavy atom. The first-order valence-electron chi connectivity index (χ1n) is 19.8. The van der Waals surface area contributed by atoms with Gasteiger partial charge in [0, 0.05) is 0 Å². The molecule has 378 valence electrons. The van der Waals surface area contributed by atoms with Gasteiger partial charge in [-0.3, -0.25) is 14.4 Å². The molecule has 0 aromatic carbocycles. The van der Waals surface area contributed by atoms with E-state index in [-0.39, 0.29) is 31.1 Å². The van der Waals surface area contributed by atoms with Crippen LogP contribution in [0.4, 0.5) is 70.2 Å². The fraction of sp³-hybridized carbons (Fsp3) is 0.925. The van der Waals surface area contributed by atoms with E-state index in [2.05, 4.69) is 4.74 Å². The number of esters is 3. The average Bonchev–Trinajstić information content (AvgIpc) is 3.03. The first-order chi connectivity index (χ1) is 27.4. The summed E-state index contributed by atoms with van der Waals surface area (Å²) in [7, 11) is 0. The van der Waals surface area contributed by atoms with Gasteiger partial charge in [-0.15, -0.1) is 0 Å². The van der Waals surface area contributed by atoms with Crippen molar-refractivity contribution < 1.29 is 104 Å². The van der Waals surface area contributed by atoms with Gasteiger partial charge in [-0.2, -0.15) is 52.7 Å². The molecule has 0 saturated heterocycles. The van der Waals surface area contributed by atoms with Crippen molar-refractivity contribution in [3.63, 3.8) is 0 Å². The monoisotopic (exact) mass is 960 g/mol. The van der Waals surface area contributed by atoms with Gasteiger partial charge in [-0.05, 0) is 99.3 Å². The molecule has 0 spiro atoms. The molecule has 0 rings (SSSR count). The first-order valence-corrected chi connectivity index (χ1v) is 19.8. The van der Waals surface area contributed by atoms with Gasteiger partial charge in [0.05, 0.1) is 16.2 Å². The van der Waals surface area contributed by atoms with Crippen molar-refractivity contribution in [1.29, 1.82) is 0 Å². The van der Waals surface area contributed by atoms with Crippen LogP contribution in [0.25, 0.3) is 0 Å². The quantitative estimate of drug-likeness (QED) is 0.0830. The molecule has 0 radical (unpaired) electrons. The van der Waals surface area contributed by atoms with E-state index in [9.17, 15) is 89.7 Å². The minimum atomic E-state index is -6.06. The fourth-order valence-electron chi connectivity index (χ4n) is 4.53. The molecule has 7 nitrogen and oxygen atoms in total. The summed E-state index contributed by atoms with van der Waals surface area (Å²) in [6.07, 6.45) is -30.7. The highest BCUT2D eigenvalue weighted by atomic mass is 19.4. The van der Waals surface area contributed by atoms with Crippen LogP contribution in [0, 0.1) is 28.1 Å². The van der Waals surface area contributed by atoms with E-state index in [4.69, 9.17) is 9.47 Å². The van der Waals surface area contributed by atoms with Crippen molar-refractivity contribution in [2.75, 3.05) is 0 Å². The van der Waals surface area contributed by atoms with Crippen molar-refractivity contribution in [3.05, 3.63) is 0 Å². The Morgan fingerprint density at radius 3 is 0.889 bits per heavy atom. The standard InChI is InChI=1S/2C14H23F5O2.C12H18F6O3/c2*1-6-12(4,5)11(20)21-10(7-9(2)3)13(15,16)8-14(17,18)19;1-6-8(2,3)7(19)21-9(4,5)10(20,11(13,14)15)12(16,17)18/h2*9-10H,6-8H2,1-5H3;20H,6H2,1-5H3. The first kappa shape index (κ1) is 64.5. The minimum absolute atomic E-state index is 0.137. The van der Waals surface area contributed by atoms with E-state index >= 15 is 0 Å². The summed E-state index contributed by atoms with van der Waals surface area (Å²) < 4.78 is 219. The van der Waals surface area contributed by atoms with Crippen LogP contribution >= 0.6 is 0 Å². The number of hydrogen-bond acceptors (Lipinski definition) is 7. The van der Waals surface area contributed by atoms with Crippen LogP contribution in [0.2, 0.25) is 0 Å². The Bertz CT molecular complexity index is 1340. The number of halogens is 16. The highest BCUT2D eigenvalue weighted by Gasteiger charge is 2.79. The zero-order chi connectivity index (χ0) is 51.6. The third kappa shape index (κ3) is 21.0. The number of carbonyl (C=O) groups is 3. The second-order valence-corrected chi connectivity index (χ2v) is 18.5. The molecule has 0 aliphatic carbocycles. The molecule has 63 heavy (non-hydrogen) atoms. The van der Waals surface area contributed by atoms with Gasteiger partial charge < -0.3 is 19.3 Å². The van der Waals surface area contributed by atoms with Crippen LogP contribution in [0.15, 0.2) is 0 Å². The highest BCUT2D eigenvalue weighted by molar-refractivity contribution is 5.77. The molecule has 0 aromatic rings.